The van der Waals surface area contributed by atoms with Crippen molar-refractivity contribution in [2.24, 2.45) is 0 Å². The van der Waals surface area contributed by atoms with Gasteiger partial charge in [-0.05, 0) is 37.9 Å². The lowest BCUT2D eigenvalue weighted by atomic mass is 10.1. The molecule has 0 aromatic carbocycles. The first-order chi connectivity index (χ1) is 12.1. The molecule has 26 heavy (non-hydrogen) atoms. The van der Waals surface area contributed by atoms with Crippen LogP contribution < -0.4 is 9.80 Å². The van der Waals surface area contributed by atoms with Crippen LogP contribution in [0.2, 0.25) is 23.3 Å². The number of alkyl halides is 1. The summed E-state index contributed by atoms with van der Waals surface area (Å²) < 4.78 is 19.7. The molecule has 0 spiro atoms. The molecule has 0 atom stereocenters. The third kappa shape index (κ3) is 5.08. The molecule has 0 unspecified atom stereocenters. The van der Waals surface area contributed by atoms with Crippen LogP contribution in [-0.2, 0) is 4.43 Å². The molecule has 8 heteroatoms. The molecule has 1 aromatic rings. The van der Waals surface area contributed by atoms with Crippen molar-refractivity contribution in [1.29, 1.82) is 0 Å². The number of hydrogen-bond acceptors (Lipinski definition) is 5. The molecule has 0 bridgehead atoms. The van der Waals surface area contributed by atoms with Crippen molar-refractivity contribution in [2.75, 3.05) is 36.2 Å². The summed E-state index contributed by atoms with van der Waals surface area (Å²) in [4.78, 5) is 12.5. The smallest absolute Gasteiger partial charge is 0.228 e. The van der Waals surface area contributed by atoms with Gasteiger partial charge in [0.2, 0.25) is 5.95 Å². The van der Waals surface area contributed by atoms with Crippen molar-refractivity contribution < 1.29 is 8.82 Å². The average Bonchev–Trinajstić information content (AvgIpc) is 2.55. The van der Waals surface area contributed by atoms with Crippen LogP contribution in [0.1, 0.15) is 40.5 Å². The van der Waals surface area contributed by atoms with E-state index in [2.05, 4.69) is 48.7 Å². The minimum atomic E-state index is -1.76. The number of nitrogens with zero attached hydrogens (tertiary/aromatic N) is 4. The molecule has 0 saturated carbocycles. The summed E-state index contributed by atoms with van der Waals surface area (Å²) in [5, 5.41) is 0.557. The number of aromatic nitrogens is 2. The SMILES string of the molecule is CCN(CF)c1cc(Cl)nc(N2CCC(O[Si](C)(C)C(C)(C)C)CC2)n1. The maximum absolute atomic E-state index is 13.2. The lowest BCUT2D eigenvalue weighted by molar-refractivity contribution is 0.152. The first-order valence-corrected chi connectivity index (χ1v) is 12.6. The Bertz CT molecular complexity index is 599. The molecule has 1 aliphatic heterocycles. The highest BCUT2D eigenvalue weighted by Crippen LogP contribution is 2.38. The topological polar surface area (TPSA) is 41.5 Å². The largest absolute Gasteiger partial charge is 0.414 e. The summed E-state index contributed by atoms with van der Waals surface area (Å²) in [5.41, 5.74) is 0. The second-order valence-electron chi connectivity index (χ2n) is 8.39. The summed E-state index contributed by atoms with van der Waals surface area (Å²) in [6.45, 7) is 14.8. The highest BCUT2D eigenvalue weighted by Gasteiger charge is 2.39. The highest BCUT2D eigenvalue weighted by atomic mass is 35.5. The Morgan fingerprint density at radius 1 is 1.31 bits per heavy atom. The highest BCUT2D eigenvalue weighted by molar-refractivity contribution is 6.74. The lowest BCUT2D eigenvalue weighted by Crippen LogP contribution is -2.47. The number of rotatable bonds is 6. The van der Waals surface area contributed by atoms with Crippen LogP contribution in [0.25, 0.3) is 0 Å². The van der Waals surface area contributed by atoms with Gasteiger partial charge in [0.15, 0.2) is 15.1 Å². The Morgan fingerprint density at radius 3 is 2.42 bits per heavy atom. The zero-order chi connectivity index (χ0) is 19.5. The molecule has 1 aliphatic rings. The van der Waals surface area contributed by atoms with E-state index in [0.29, 0.717) is 23.5 Å². The number of piperidine rings is 1. The number of anilines is 2. The fraction of sp³-hybridized carbons (Fsp3) is 0.778. The predicted octanol–water partition coefficient (Wildman–Crippen LogP) is 4.87. The van der Waals surface area contributed by atoms with Crippen LogP contribution in [0.5, 0.6) is 0 Å². The van der Waals surface area contributed by atoms with Crippen LogP contribution in [0.15, 0.2) is 6.07 Å². The molecule has 2 rings (SSSR count). The van der Waals surface area contributed by atoms with Gasteiger partial charge in [-0.25, -0.2) is 9.37 Å². The monoisotopic (exact) mass is 402 g/mol. The van der Waals surface area contributed by atoms with Gasteiger partial charge in [-0.2, -0.15) is 4.98 Å². The van der Waals surface area contributed by atoms with Gasteiger partial charge < -0.3 is 14.2 Å². The van der Waals surface area contributed by atoms with E-state index < -0.39 is 15.1 Å². The minimum absolute atomic E-state index is 0.213. The second-order valence-corrected chi connectivity index (χ2v) is 13.5. The first kappa shape index (κ1) is 21.4. The second kappa shape index (κ2) is 8.40. The van der Waals surface area contributed by atoms with Gasteiger partial charge in [-0.1, -0.05) is 32.4 Å². The van der Waals surface area contributed by atoms with E-state index in [4.69, 9.17) is 16.0 Å². The minimum Gasteiger partial charge on any atom is -0.414 e. The van der Waals surface area contributed by atoms with E-state index in [1.807, 2.05) is 6.92 Å². The molecule has 0 aliphatic carbocycles. The van der Waals surface area contributed by atoms with E-state index >= 15 is 0 Å². The Morgan fingerprint density at radius 2 is 1.92 bits per heavy atom. The molecule has 1 fully saturated rings. The van der Waals surface area contributed by atoms with Crippen LogP contribution >= 0.6 is 11.6 Å². The van der Waals surface area contributed by atoms with E-state index in [9.17, 15) is 4.39 Å². The van der Waals surface area contributed by atoms with Gasteiger partial charge in [0, 0.05) is 31.8 Å². The summed E-state index contributed by atoms with van der Waals surface area (Å²) in [5.74, 6) is 1.11. The standard InChI is InChI=1S/C18H32ClFN4OSi/c1-7-23(13-20)16-12-15(19)21-17(22-16)24-10-8-14(9-11-24)25-26(5,6)18(2,3)4/h12,14H,7-11,13H2,1-6H3. The van der Waals surface area contributed by atoms with Gasteiger partial charge >= 0.3 is 0 Å². The Kier molecular flexibility index (Phi) is 6.90. The van der Waals surface area contributed by atoms with Crippen LogP contribution in [-0.4, -0.2) is 50.8 Å². The van der Waals surface area contributed by atoms with Gasteiger partial charge in [0.05, 0.1) is 0 Å². The number of hydrogen-bond donors (Lipinski definition) is 0. The summed E-state index contributed by atoms with van der Waals surface area (Å²) in [7, 11) is -1.76. The van der Waals surface area contributed by atoms with Crippen molar-refractivity contribution in [3.8, 4) is 0 Å². The maximum atomic E-state index is 13.2. The van der Waals surface area contributed by atoms with E-state index in [-0.39, 0.29) is 11.1 Å². The van der Waals surface area contributed by atoms with Crippen molar-refractivity contribution in [2.45, 2.75) is 64.8 Å². The predicted molar refractivity (Wildman–Crippen MR) is 110 cm³/mol. The van der Waals surface area contributed by atoms with Crippen molar-refractivity contribution in [1.82, 2.24) is 9.97 Å². The Balaban J connectivity index is 2.04. The van der Waals surface area contributed by atoms with Crippen molar-refractivity contribution >= 4 is 31.7 Å². The quantitative estimate of drug-likeness (QED) is 0.385. The van der Waals surface area contributed by atoms with E-state index in [1.54, 1.807) is 6.07 Å². The first-order valence-electron chi connectivity index (χ1n) is 9.35. The fourth-order valence-corrected chi connectivity index (χ4v) is 4.37. The van der Waals surface area contributed by atoms with Crippen molar-refractivity contribution in [3.63, 3.8) is 0 Å². The van der Waals surface area contributed by atoms with E-state index in [1.165, 1.54) is 4.90 Å². The average molecular weight is 403 g/mol. The lowest BCUT2D eigenvalue weighted by Gasteiger charge is -2.42. The van der Waals surface area contributed by atoms with E-state index in [0.717, 1.165) is 25.9 Å². The van der Waals surface area contributed by atoms with Gasteiger partial charge in [-0.15, -0.1) is 0 Å². The molecule has 2 heterocycles. The zero-order valence-corrected chi connectivity index (χ0v) is 18.6. The molecule has 0 N–H and O–H groups in total. The molecule has 0 radical (unpaired) electrons. The van der Waals surface area contributed by atoms with Crippen LogP contribution in [0.4, 0.5) is 16.2 Å². The molecular weight excluding hydrogens is 371 g/mol. The van der Waals surface area contributed by atoms with Crippen LogP contribution in [0, 0.1) is 0 Å². The molecule has 1 aromatic heterocycles. The molecule has 5 nitrogen and oxygen atoms in total. The Hall–Kier alpha value is -0.923. The third-order valence-electron chi connectivity index (χ3n) is 5.51. The summed E-state index contributed by atoms with van der Waals surface area (Å²) >= 11 is 6.15. The van der Waals surface area contributed by atoms with Gasteiger partial charge in [0.1, 0.15) is 11.0 Å². The Labute approximate surface area is 163 Å². The van der Waals surface area contributed by atoms with Crippen LogP contribution in [0.3, 0.4) is 0 Å². The maximum Gasteiger partial charge on any atom is 0.228 e. The van der Waals surface area contributed by atoms with Gasteiger partial charge in [0.25, 0.3) is 0 Å². The third-order valence-corrected chi connectivity index (χ3v) is 10.2. The zero-order valence-electron chi connectivity index (χ0n) is 16.9. The molecule has 0 amide bonds. The fourth-order valence-electron chi connectivity index (χ4n) is 2.77. The molecule has 148 valence electrons. The van der Waals surface area contributed by atoms with Crippen molar-refractivity contribution in [3.05, 3.63) is 11.2 Å². The molecule has 1 saturated heterocycles. The summed E-state index contributed by atoms with van der Waals surface area (Å²) in [6, 6.07) is 1.61. The summed E-state index contributed by atoms with van der Waals surface area (Å²) in [6.07, 6.45) is 2.17. The number of halogens is 2. The molecular formula is C18H32ClFN4OSi. The normalized spacial score (nSPS) is 16.8. The van der Waals surface area contributed by atoms with Gasteiger partial charge in [-0.3, -0.25) is 0 Å².